The first-order chi connectivity index (χ1) is 20.6. The molecule has 0 spiro atoms. The summed E-state index contributed by atoms with van der Waals surface area (Å²) in [5.74, 6) is -0.486. The summed E-state index contributed by atoms with van der Waals surface area (Å²) in [7, 11) is 0. The highest BCUT2D eigenvalue weighted by Gasteiger charge is 2.71. The second-order valence-electron chi connectivity index (χ2n) is 10.5. The van der Waals surface area contributed by atoms with Gasteiger partial charge in [0.05, 0.1) is 18.5 Å². The number of carbonyl (C=O) groups excluding carboxylic acids is 2. The molecule has 1 aliphatic heterocycles. The molecule has 1 aliphatic rings. The van der Waals surface area contributed by atoms with Gasteiger partial charge in [-0.1, -0.05) is 25.5 Å². The van der Waals surface area contributed by atoms with E-state index in [9.17, 15) is 41.0 Å². The number of aliphatic hydroxyl groups is 1. The topological polar surface area (TPSA) is 105 Å². The molecule has 3 heterocycles. The minimum Gasteiger partial charge on any atom is -0.464 e. The number of alkyl halides is 6. The van der Waals surface area contributed by atoms with Crippen molar-refractivity contribution in [2.24, 2.45) is 0 Å². The van der Waals surface area contributed by atoms with E-state index in [2.05, 4.69) is 10.3 Å². The van der Waals surface area contributed by atoms with Crippen LogP contribution < -0.4 is 10.1 Å². The number of fused-ring (bicyclic) bond motifs is 1. The Bertz CT molecular complexity index is 1720. The van der Waals surface area contributed by atoms with E-state index in [0.29, 0.717) is 29.7 Å². The van der Waals surface area contributed by atoms with Crippen LogP contribution in [0, 0.1) is 0 Å². The number of rotatable bonds is 8. The van der Waals surface area contributed by atoms with Crippen molar-refractivity contribution in [3.63, 3.8) is 0 Å². The molecule has 5 rings (SSSR count). The Morgan fingerprint density at radius 2 is 1.73 bits per heavy atom. The van der Waals surface area contributed by atoms with Crippen molar-refractivity contribution < 1.29 is 50.2 Å². The maximum Gasteiger partial charge on any atom is 0.430 e. The third-order valence-electron chi connectivity index (χ3n) is 7.46. The molecule has 0 bridgehead atoms. The van der Waals surface area contributed by atoms with Crippen molar-refractivity contribution in [2.75, 3.05) is 0 Å². The van der Waals surface area contributed by atoms with Crippen LogP contribution in [0.5, 0.6) is 11.5 Å². The zero-order valence-corrected chi connectivity index (χ0v) is 23.2. The molecule has 2 aromatic carbocycles. The van der Waals surface area contributed by atoms with Crippen molar-refractivity contribution in [1.82, 2.24) is 15.2 Å². The minimum absolute atomic E-state index is 0.00487. The van der Waals surface area contributed by atoms with Crippen LogP contribution in [-0.2, 0) is 28.9 Å². The van der Waals surface area contributed by atoms with Crippen LogP contribution in [0.4, 0.5) is 31.1 Å². The van der Waals surface area contributed by atoms with E-state index in [1.165, 1.54) is 24.6 Å². The largest absolute Gasteiger partial charge is 0.464 e. The molecule has 232 valence electrons. The highest BCUT2D eigenvalue weighted by Crippen LogP contribution is 2.50. The van der Waals surface area contributed by atoms with Gasteiger partial charge in [-0.3, -0.25) is 14.7 Å². The van der Waals surface area contributed by atoms with E-state index < -0.39 is 41.0 Å². The van der Waals surface area contributed by atoms with Gasteiger partial charge in [-0.2, -0.15) is 26.3 Å². The number of halogens is 6. The molecule has 1 saturated heterocycles. The zero-order chi connectivity index (χ0) is 32.1. The number of furan rings is 1. The molecule has 8 nitrogen and oxygen atoms in total. The van der Waals surface area contributed by atoms with Crippen LogP contribution in [0.25, 0.3) is 11.0 Å². The van der Waals surface area contributed by atoms with Gasteiger partial charge in [-0.25, -0.2) is 4.79 Å². The molecule has 1 unspecified atom stereocenters. The average Bonchev–Trinajstić information content (AvgIpc) is 3.51. The fourth-order valence-electron chi connectivity index (χ4n) is 5.07. The van der Waals surface area contributed by atoms with E-state index in [4.69, 9.17) is 9.15 Å². The summed E-state index contributed by atoms with van der Waals surface area (Å²) in [5.41, 5.74) is -6.48. The van der Waals surface area contributed by atoms with Crippen molar-refractivity contribution in [1.29, 1.82) is 0 Å². The smallest absolute Gasteiger partial charge is 0.430 e. The van der Waals surface area contributed by atoms with Gasteiger partial charge in [-0.15, -0.1) is 0 Å². The van der Waals surface area contributed by atoms with Gasteiger partial charge in [0.1, 0.15) is 22.6 Å². The molecule has 0 aliphatic carbocycles. The van der Waals surface area contributed by atoms with Crippen LogP contribution in [0.1, 0.15) is 42.7 Å². The van der Waals surface area contributed by atoms with E-state index in [1.807, 2.05) is 0 Å². The van der Waals surface area contributed by atoms with Gasteiger partial charge in [0.25, 0.3) is 11.5 Å². The average molecular weight is 622 g/mol. The molecule has 3 amide bonds. The van der Waals surface area contributed by atoms with Gasteiger partial charge in [0.2, 0.25) is 0 Å². The Hall–Kier alpha value is -4.59. The molecule has 4 aromatic rings. The van der Waals surface area contributed by atoms with Gasteiger partial charge in [0, 0.05) is 23.2 Å². The number of aromatic nitrogens is 1. The third-order valence-corrected chi connectivity index (χ3v) is 7.46. The van der Waals surface area contributed by atoms with Crippen molar-refractivity contribution in [2.45, 2.75) is 56.7 Å². The molecule has 44 heavy (non-hydrogen) atoms. The maximum atomic E-state index is 13.4. The first kappa shape index (κ1) is 30.9. The summed E-state index contributed by atoms with van der Waals surface area (Å²) in [4.78, 5) is 31.5. The van der Waals surface area contributed by atoms with Crippen LogP contribution in [0.3, 0.4) is 0 Å². The summed E-state index contributed by atoms with van der Waals surface area (Å²) in [5, 5.41) is 13.3. The Morgan fingerprint density at radius 1 is 1.00 bits per heavy atom. The third kappa shape index (κ3) is 5.23. The summed E-state index contributed by atoms with van der Waals surface area (Å²) >= 11 is 0. The second kappa shape index (κ2) is 10.8. The molecule has 0 radical (unpaired) electrons. The predicted octanol–water partition coefficient (Wildman–Crippen LogP) is 6.85. The standard InChI is InChI=1S/C30H25F6N3O5/c1-3-4-17-14-20(28(42,29(31,32)33)30(34,35)36)6-8-24(17)44-22-9-11-37-21(15-22)16-39-25(40)27(2,38-26(39)41)19-5-7-23-18(13-19)10-12-43-23/h5-15,42H,3-4,16H2,1-2H3,(H,38,41). The number of pyridine rings is 1. The molecule has 1 fully saturated rings. The number of carbonyl (C=O) groups is 2. The van der Waals surface area contributed by atoms with Crippen molar-refractivity contribution in [3.8, 4) is 11.5 Å². The Kier molecular flexibility index (Phi) is 7.60. The van der Waals surface area contributed by atoms with Crippen molar-refractivity contribution >= 4 is 22.9 Å². The molecule has 1 atom stereocenters. The van der Waals surface area contributed by atoms with Crippen LogP contribution >= 0.6 is 0 Å². The Balaban J connectivity index is 1.39. The normalized spacial score (nSPS) is 17.8. The lowest BCUT2D eigenvalue weighted by molar-refractivity contribution is -0.376. The van der Waals surface area contributed by atoms with Gasteiger partial charge in [0.15, 0.2) is 0 Å². The first-order valence-electron chi connectivity index (χ1n) is 13.3. The van der Waals surface area contributed by atoms with E-state index in [1.54, 1.807) is 38.1 Å². The number of amides is 3. The van der Waals surface area contributed by atoms with Gasteiger partial charge in [-0.05, 0) is 60.9 Å². The highest BCUT2D eigenvalue weighted by molar-refractivity contribution is 6.07. The summed E-state index contributed by atoms with van der Waals surface area (Å²) in [6.07, 6.45) is -8.86. The molecular weight excluding hydrogens is 596 g/mol. The fourth-order valence-corrected chi connectivity index (χ4v) is 5.07. The number of hydrogen-bond donors (Lipinski definition) is 2. The van der Waals surface area contributed by atoms with Crippen LogP contribution in [-0.4, -0.2) is 39.3 Å². The lowest BCUT2D eigenvalue weighted by Crippen LogP contribution is -2.53. The lowest BCUT2D eigenvalue weighted by Gasteiger charge is -2.33. The second-order valence-corrected chi connectivity index (χ2v) is 10.5. The summed E-state index contributed by atoms with van der Waals surface area (Å²) in [6.45, 7) is 2.98. The molecule has 14 heteroatoms. The van der Waals surface area contributed by atoms with E-state index in [-0.39, 0.29) is 35.7 Å². The minimum atomic E-state index is -6.03. The van der Waals surface area contributed by atoms with Crippen LogP contribution in [0.15, 0.2) is 71.5 Å². The number of imide groups is 1. The number of nitrogens with zero attached hydrogens (tertiary/aromatic N) is 2. The first-order valence-corrected chi connectivity index (χ1v) is 13.3. The number of nitrogens with one attached hydrogen (secondary N) is 1. The summed E-state index contributed by atoms with van der Waals surface area (Å²) in [6, 6.07) is 11.0. The number of ether oxygens (including phenoxy) is 1. The number of aryl methyl sites for hydroxylation is 1. The lowest BCUT2D eigenvalue weighted by atomic mass is 9.90. The van der Waals surface area contributed by atoms with Crippen LogP contribution in [0.2, 0.25) is 0 Å². The SMILES string of the molecule is CCCc1cc(C(O)(C(F)(F)F)C(F)(F)F)ccc1Oc1ccnc(CN2C(=O)NC(C)(c3ccc4occc4c3)C2=O)c1. The molecular formula is C30H25F6N3O5. The summed E-state index contributed by atoms with van der Waals surface area (Å²) < 4.78 is 91.8. The quantitative estimate of drug-likeness (QED) is 0.165. The monoisotopic (exact) mass is 621 g/mol. The number of benzene rings is 2. The molecule has 2 aromatic heterocycles. The fraction of sp³-hybridized carbons (Fsp3) is 0.300. The number of urea groups is 1. The highest BCUT2D eigenvalue weighted by atomic mass is 19.4. The van der Waals surface area contributed by atoms with Gasteiger partial charge >= 0.3 is 18.4 Å². The van der Waals surface area contributed by atoms with Gasteiger partial charge < -0.3 is 19.6 Å². The van der Waals surface area contributed by atoms with E-state index in [0.717, 1.165) is 16.4 Å². The zero-order valence-electron chi connectivity index (χ0n) is 23.2. The van der Waals surface area contributed by atoms with Crippen molar-refractivity contribution in [3.05, 3.63) is 89.4 Å². The predicted molar refractivity (Wildman–Crippen MR) is 143 cm³/mol. The van der Waals surface area contributed by atoms with E-state index >= 15 is 0 Å². The Morgan fingerprint density at radius 3 is 2.41 bits per heavy atom. The Labute approximate surface area is 246 Å². The molecule has 2 N–H and O–H groups in total. The molecule has 0 saturated carbocycles. The maximum absolute atomic E-state index is 13.4. The number of hydrogen-bond acceptors (Lipinski definition) is 6.